The summed E-state index contributed by atoms with van der Waals surface area (Å²) in [5.41, 5.74) is 6.50. The van der Waals surface area contributed by atoms with E-state index in [0.717, 1.165) is 18.5 Å². The summed E-state index contributed by atoms with van der Waals surface area (Å²) < 4.78 is 28.9. The van der Waals surface area contributed by atoms with Gasteiger partial charge in [-0.05, 0) is 18.9 Å². The lowest BCUT2D eigenvalue weighted by atomic mass is 10.4. The van der Waals surface area contributed by atoms with Crippen LogP contribution in [0.4, 0.5) is 0 Å². The van der Waals surface area contributed by atoms with Crippen molar-refractivity contribution in [3.05, 3.63) is 30.1 Å². The zero-order valence-electron chi connectivity index (χ0n) is 10.8. The smallest absolute Gasteiger partial charge is 0.242 e. The largest absolute Gasteiger partial charge is 0.346 e. The van der Waals surface area contributed by atoms with Gasteiger partial charge in [0.15, 0.2) is 0 Å². The number of rotatable bonds is 6. The van der Waals surface area contributed by atoms with E-state index in [1.54, 1.807) is 12.3 Å². The summed E-state index contributed by atoms with van der Waals surface area (Å²) in [4.78, 5) is 4.11. The number of aromatic nitrogens is 4. The molecule has 0 saturated heterocycles. The molecule has 2 aromatic heterocycles. The molecule has 108 valence electrons. The second-order valence-corrected chi connectivity index (χ2v) is 6.53. The fourth-order valence-electron chi connectivity index (χ4n) is 2.06. The molecule has 0 aliphatic heterocycles. The normalized spacial score (nSPS) is 15.7. The van der Waals surface area contributed by atoms with Gasteiger partial charge in [-0.2, -0.15) is 5.10 Å². The van der Waals surface area contributed by atoms with Crippen molar-refractivity contribution in [2.75, 3.05) is 0 Å². The maximum Gasteiger partial charge on any atom is 0.242 e. The molecule has 8 nitrogen and oxygen atoms in total. The molecular formula is C11H16N6O2S. The van der Waals surface area contributed by atoms with Crippen LogP contribution >= 0.6 is 0 Å². The maximum atomic E-state index is 12.2. The average Bonchev–Trinajstić information content (AvgIpc) is 2.98. The van der Waals surface area contributed by atoms with Gasteiger partial charge in [0.25, 0.3) is 0 Å². The van der Waals surface area contributed by atoms with Gasteiger partial charge in [-0.25, -0.2) is 18.1 Å². The van der Waals surface area contributed by atoms with Gasteiger partial charge >= 0.3 is 0 Å². The van der Waals surface area contributed by atoms with Gasteiger partial charge in [0, 0.05) is 24.5 Å². The topological polar surface area (TPSA) is 119 Å². The van der Waals surface area contributed by atoms with Gasteiger partial charge in [0.05, 0.1) is 11.4 Å². The van der Waals surface area contributed by atoms with E-state index in [1.165, 1.54) is 6.33 Å². The van der Waals surface area contributed by atoms with Crippen molar-refractivity contribution in [1.82, 2.24) is 24.5 Å². The number of nitrogens with one attached hydrogen (secondary N) is 2. The number of sulfonamides is 1. The summed E-state index contributed by atoms with van der Waals surface area (Å²) in [5, 5.41) is 6.27. The molecule has 0 radical (unpaired) electrons. The Balaban J connectivity index is 1.79. The van der Waals surface area contributed by atoms with Crippen LogP contribution in [0.3, 0.4) is 0 Å². The minimum atomic E-state index is -3.57. The van der Waals surface area contributed by atoms with Gasteiger partial charge in [-0.1, -0.05) is 0 Å². The van der Waals surface area contributed by atoms with Crippen LogP contribution < -0.4 is 10.5 Å². The molecule has 0 atom stereocenters. The third-order valence-electron chi connectivity index (χ3n) is 3.26. The molecule has 0 unspecified atom stereocenters. The third-order valence-corrected chi connectivity index (χ3v) is 4.63. The Hall–Kier alpha value is -1.71. The van der Waals surface area contributed by atoms with Crippen LogP contribution in [0.5, 0.6) is 0 Å². The molecule has 0 spiro atoms. The first kappa shape index (κ1) is 13.3. The second kappa shape index (κ2) is 5.00. The minimum Gasteiger partial charge on any atom is -0.346 e. The number of hydrogen-bond acceptors (Lipinski definition) is 5. The molecule has 9 heteroatoms. The summed E-state index contributed by atoms with van der Waals surface area (Å²) in [6, 6.07) is 2.02. The molecule has 20 heavy (non-hydrogen) atoms. The highest BCUT2D eigenvalue weighted by molar-refractivity contribution is 7.89. The lowest BCUT2D eigenvalue weighted by Gasteiger charge is -2.04. The standard InChI is InChI=1S/C11H16N6O2S/c12-4-9-3-10(6-17(9)8-1-2-8)20(18,19)15-5-11-13-7-14-16-11/h3,6-8,15H,1-2,4-5,12H2,(H,13,14,16). The highest BCUT2D eigenvalue weighted by Crippen LogP contribution is 2.37. The van der Waals surface area contributed by atoms with Crippen molar-refractivity contribution < 1.29 is 8.42 Å². The Bertz CT molecular complexity index is 687. The van der Waals surface area contributed by atoms with Gasteiger partial charge in [0.1, 0.15) is 12.2 Å². The molecule has 0 amide bonds. The van der Waals surface area contributed by atoms with Gasteiger partial charge in [-0.15, -0.1) is 0 Å². The van der Waals surface area contributed by atoms with E-state index in [-0.39, 0.29) is 11.4 Å². The second-order valence-electron chi connectivity index (χ2n) is 4.77. The van der Waals surface area contributed by atoms with Crippen molar-refractivity contribution in [1.29, 1.82) is 0 Å². The van der Waals surface area contributed by atoms with Crippen LogP contribution in [-0.2, 0) is 23.1 Å². The maximum absolute atomic E-state index is 12.2. The zero-order valence-corrected chi connectivity index (χ0v) is 11.6. The minimum absolute atomic E-state index is 0.0783. The average molecular weight is 296 g/mol. The fraction of sp³-hybridized carbons (Fsp3) is 0.455. The predicted octanol–water partition coefficient (Wildman–Crippen LogP) is -0.122. The fourth-order valence-corrected chi connectivity index (χ4v) is 3.10. The number of aromatic amines is 1. The lowest BCUT2D eigenvalue weighted by Crippen LogP contribution is -2.23. The third kappa shape index (κ3) is 2.60. The van der Waals surface area contributed by atoms with Crippen molar-refractivity contribution in [2.24, 2.45) is 5.73 Å². The van der Waals surface area contributed by atoms with Crippen LogP contribution in [0.15, 0.2) is 23.5 Å². The van der Waals surface area contributed by atoms with Crippen molar-refractivity contribution in [3.8, 4) is 0 Å². The summed E-state index contributed by atoms with van der Waals surface area (Å²) in [5.74, 6) is 0.467. The van der Waals surface area contributed by atoms with E-state index in [4.69, 9.17) is 5.73 Å². The Morgan fingerprint density at radius 3 is 2.90 bits per heavy atom. The molecule has 1 saturated carbocycles. The number of hydrogen-bond donors (Lipinski definition) is 3. The van der Waals surface area contributed by atoms with Gasteiger partial charge in [0.2, 0.25) is 10.0 Å². The molecular weight excluding hydrogens is 280 g/mol. The number of nitrogens with two attached hydrogens (primary N) is 1. The first-order valence-electron chi connectivity index (χ1n) is 6.35. The van der Waals surface area contributed by atoms with Crippen LogP contribution in [0, 0.1) is 0 Å². The predicted molar refractivity (Wildman–Crippen MR) is 71.0 cm³/mol. The van der Waals surface area contributed by atoms with Gasteiger partial charge < -0.3 is 10.3 Å². The molecule has 2 heterocycles. The molecule has 1 fully saturated rings. The van der Waals surface area contributed by atoms with Crippen molar-refractivity contribution in [3.63, 3.8) is 0 Å². The van der Waals surface area contributed by atoms with Crippen LogP contribution in [0.25, 0.3) is 0 Å². The Morgan fingerprint density at radius 1 is 1.50 bits per heavy atom. The van der Waals surface area contributed by atoms with Crippen LogP contribution in [-0.4, -0.2) is 28.2 Å². The molecule has 0 bridgehead atoms. The number of H-pyrrole nitrogens is 1. The first-order valence-corrected chi connectivity index (χ1v) is 7.83. The summed E-state index contributed by atoms with van der Waals surface area (Å²) in [6.07, 6.45) is 5.14. The summed E-state index contributed by atoms with van der Waals surface area (Å²) in [7, 11) is -3.57. The molecule has 2 aromatic rings. The molecule has 1 aliphatic rings. The van der Waals surface area contributed by atoms with E-state index in [9.17, 15) is 8.42 Å². The van der Waals surface area contributed by atoms with Crippen LogP contribution in [0.2, 0.25) is 0 Å². The SMILES string of the molecule is NCc1cc(S(=O)(=O)NCc2ncn[nH]2)cn1C1CC1. The Labute approximate surface area is 116 Å². The first-order chi connectivity index (χ1) is 9.60. The lowest BCUT2D eigenvalue weighted by molar-refractivity contribution is 0.579. The Kier molecular flexibility index (Phi) is 3.32. The Morgan fingerprint density at radius 2 is 2.30 bits per heavy atom. The van der Waals surface area contributed by atoms with Crippen molar-refractivity contribution in [2.45, 2.75) is 36.9 Å². The van der Waals surface area contributed by atoms with Crippen LogP contribution in [0.1, 0.15) is 30.4 Å². The quantitative estimate of drug-likeness (QED) is 0.686. The highest BCUT2D eigenvalue weighted by Gasteiger charge is 2.27. The molecule has 1 aliphatic carbocycles. The van der Waals surface area contributed by atoms with Gasteiger partial charge in [-0.3, -0.25) is 5.10 Å². The summed E-state index contributed by atoms with van der Waals surface area (Å²) in [6.45, 7) is 0.406. The molecule has 4 N–H and O–H groups in total. The van der Waals surface area contributed by atoms with E-state index in [2.05, 4.69) is 19.9 Å². The van der Waals surface area contributed by atoms with E-state index < -0.39 is 10.0 Å². The number of nitrogens with zero attached hydrogens (tertiary/aromatic N) is 3. The highest BCUT2D eigenvalue weighted by atomic mass is 32.2. The van der Waals surface area contributed by atoms with Crippen molar-refractivity contribution >= 4 is 10.0 Å². The van der Waals surface area contributed by atoms with E-state index in [0.29, 0.717) is 18.4 Å². The molecule has 0 aromatic carbocycles. The van der Waals surface area contributed by atoms with E-state index >= 15 is 0 Å². The zero-order chi connectivity index (χ0) is 14.2. The van der Waals surface area contributed by atoms with E-state index in [1.807, 2.05) is 4.57 Å². The summed E-state index contributed by atoms with van der Waals surface area (Å²) >= 11 is 0. The molecule has 3 rings (SSSR count). The monoisotopic (exact) mass is 296 g/mol.